The van der Waals surface area contributed by atoms with Crippen LogP contribution < -0.4 is 10.6 Å². The Labute approximate surface area is 253 Å². The van der Waals surface area contributed by atoms with Crippen LogP contribution in [0, 0.1) is 6.92 Å². The number of nitrogens with two attached hydrogens (primary N) is 1. The number of anilines is 1. The molecule has 2 aliphatic carbocycles. The fourth-order valence-electron chi connectivity index (χ4n) is 9.78. The molecule has 2 N–H and O–H groups in total. The van der Waals surface area contributed by atoms with Gasteiger partial charge in [0.1, 0.15) is 0 Å². The van der Waals surface area contributed by atoms with Crippen LogP contribution in [0.4, 0.5) is 5.69 Å². The van der Waals surface area contributed by atoms with Gasteiger partial charge in [-0.2, -0.15) is 0 Å². The van der Waals surface area contributed by atoms with E-state index in [1.54, 1.807) is 5.56 Å². The maximum absolute atomic E-state index is 7.74. The average Bonchev–Trinajstić information content (AvgIpc) is 3.23. The van der Waals surface area contributed by atoms with E-state index in [1.165, 1.54) is 59.2 Å². The van der Waals surface area contributed by atoms with Gasteiger partial charge >= 0.3 is 0 Å². The Balaban J connectivity index is 1.32. The highest BCUT2D eigenvalue weighted by molar-refractivity contribution is 5.69. The number of aryl methyl sites for hydroxylation is 1. The Morgan fingerprint density at radius 2 is 1.33 bits per heavy atom. The smallest absolute Gasteiger partial charge is 0.0745 e. The molecular formula is C40H46N2. The van der Waals surface area contributed by atoms with Crippen molar-refractivity contribution >= 4 is 5.69 Å². The molecular weight excluding hydrogens is 508 g/mol. The molecule has 42 heavy (non-hydrogen) atoms. The second-order valence-corrected chi connectivity index (χ2v) is 14.0. The van der Waals surface area contributed by atoms with Gasteiger partial charge in [-0.05, 0) is 84.4 Å². The second-order valence-electron chi connectivity index (χ2n) is 14.0. The van der Waals surface area contributed by atoms with Gasteiger partial charge in [0.15, 0.2) is 0 Å². The molecule has 1 heterocycles. The summed E-state index contributed by atoms with van der Waals surface area (Å²) < 4.78 is 0. The first kappa shape index (κ1) is 27.5. The molecule has 4 aromatic rings. The lowest BCUT2D eigenvalue weighted by molar-refractivity contribution is 0.140. The molecule has 0 aromatic heterocycles. The summed E-state index contributed by atoms with van der Waals surface area (Å²) in [5.41, 5.74) is 17.1. The van der Waals surface area contributed by atoms with Gasteiger partial charge in [-0.3, -0.25) is 0 Å². The molecule has 2 fully saturated rings. The Morgan fingerprint density at radius 3 is 2.05 bits per heavy atom. The van der Waals surface area contributed by atoms with Crippen molar-refractivity contribution in [2.24, 2.45) is 5.73 Å². The van der Waals surface area contributed by atoms with Crippen LogP contribution >= 0.6 is 0 Å². The largest absolute Gasteiger partial charge is 0.364 e. The molecule has 2 saturated carbocycles. The molecule has 4 aromatic carbocycles. The maximum atomic E-state index is 7.74. The van der Waals surface area contributed by atoms with Gasteiger partial charge in [0.05, 0.1) is 11.1 Å². The lowest BCUT2D eigenvalue weighted by Crippen LogP contribution is -2.57. The summed E-state index contributed by atoms with van der Waals surface area (Å²) in [6, 6.07) is 38.6. The normalized spacial score (nSPS) is 32.3. The van der Waals surface area contributed by atoms with E-state index in [1.807, 2.05) is 0 Å². The molecule has 3 aliphatic rings. The van der Waals surface area contributed by atoms with Gasteiger partial charge in [0.25, 0.3) is 0 Å². The molecule has 1 aliphatic heterocycles. The second kappa shape index (κ2) is 9.85. The van der Waals surface area contributed by atoms with Crippen LogP contribution in [0.25, 0.3) is 0 Å². The Kier molecular flexibility index (Phi) is 6.44. The summed E-state index contributed by atoms with van der Waals surface area (Å²) in [6.07, 6.45) is 8.15. The molecule has 7 rings (SSSR count). The summed E-state index contributed by atoms with van der Waals surface area (Å²) >= 11 is 0. The third-order valence-electron chi connectivity index (χ3n) is 12.2. The van der Waals surface area contributed by atoms with Gasteiger partial charge in [0.2, 0.25) is 0 Å². The lowest BCUT2D eigenvalue weighted by Gasteiger charge is -2.53. The summed E-state index contributed by atoms with van der Waals surface area (Å²) in [5.74, 6) is 0.418. The van der Waals surface area contributed by atoms with Gasteiger partial charge in [-0.15, -0.1) is 0 Å². The van der Waals surface area contributed by atoms with Crippen LogP contribution in [0.2, 0.25) is 0 Å². The van der Waals surface area contributed by atoms with Crippen molar-refractivity contribution in [2.45, 2.75) is 93.5 Å². The zero-order chi connectivity index (χ0) is 29.2. The van der Waals surface area contributed by atoms with E-state index in [0.717, 1.165) is 19.3 Å². The van der Waals surface area contributed by atoms with Crippen molar-refractivity contribution in [3.8, 4) is 0 Å². The molecule has 216 valence electrons. The van der Waals surface area contributed by atoms with Crippen molar-refractivity contribution in [3.05, 3.63) is 137 Å². The average molecular weight is 555 g/mol. The minimum absolute atomic E-state index is 0.00506. The molecule has 0 bridgehead atoms. The number of rotatable bonds is 4. The topological polar surface area (TPSA) is 29.3 Å². The predicted octanol–water partition coefficient (Wildman–Crippen LogP) is 9.25. The predicted molar refractivity (Wildman–Crippen MR) is 176 cm³/mol. The maximum Gasteiger partial charge on any atom is 0.0745 e. The first-order valence-electron chi connectivity index (χ1n) is 16.1. The lowest BCUT2D eigenvalue weighted by atomic mass is 9.53. The molecule has 1 unspecified atom stereocenters. The van der Waals surface area contributed by atoms with E-state index >= 15 is 0 Å². The van der Waals surface area contributed by atoms with Crippen LogP contribution in [0.3, 0.4) is 0 Å². The Bertz CT molecular complexity index is 1590. The molecule has 5 atom stereocenters. The first-order chi connectivity index (χ1) is 20.2. The van der Waals surface area contributed by atoms with Crippen LogP contribution in [0.1, 0.15) is 98.1 Å². The van der Waals surface area contributed by atoms with E-state index in [2.05, 4.69) is 136 Å². The SMILES string of the molecule is Cc1ccccc1[C@]1(C)CCC(c2ccc3c(c2)[C@]2(C)CCCC[C@]2(c2ccccc2)N3C)C[C@@]1(N)c1ccccc1. The fourth-order valence-corrected chi connectivity index (χ4v) is 9.78. The molecule has 0 spiro atoms. The van der Waals surface area contributed by atoms with Crippen molar-refractivity contribution in [3.63, 3.8) is 0 Å². The van der Waals surface area contributed by atoms with Gasteiger partial charge < -0.3 is 10.6 Å². The van der Waals surface area contributed by atoms with Gasteiger partial charge in [0, 0.05) is 23.6 Å². The van der Waals surface area contributed by atoms with Crippen molar-refractivity contribution in [2.75, 3.05) is 11.9 Å². The summed E-state index contributed by atoms with van der Waals surface area (Å²) in [6.45, 7) is 7.23. The van der Waals surface area contributed by atoms with E-state index in [0.29, 0.717) is 5.92 Å². The molecule has 2 nitrogen and oxygen atoms in total. The highest BCUT2D eigenvalue weighted by Crippen LogP contribution is 2.63. The molecule has 2 heteroatoms. The Hall–Kier alpha value is -3.36. The van der Waals surface area contributed by atoms with E-state index in [4.69, 9.17) is 5.73 Å². The monoisotopic (exact) mass is 554 g/mol. The first-order valence-corrected chi connectivity index (χ1v) is 16.1. The summed E-state index contributed by atoms with van der Waals surface area (Å²) in [4.78, 5) is 2.63. The zero-order valence-corrected chi connectivity index (χ0v) is 25.9. The molecule has 0 saturated heterocycles. The van der Waals surface area contributed by atoms with E-state index in [-0.39, 0.29) is 16.4 Å². The minimum atomic E-state index is -0.471. The number of hydrogen-bond acceptors (Lipinski definition) is 2. The number of hydrogen-bond donors (Lipinski definition) is 1. The molecule has 0 radical (unpaired) electrons. The van der Waals surface area contributed by atoms with E-state index < -0.39 is 5.54 Å². The highest BCUT2D eigenvalue weighted by Gasteiger charge is 2.60. The van der Waals surface area contributed by atoms with Gasteiger partial charge in [-0.25, -0.2) is 0 Å². The van der Waals surface area contributed by atoms with Crippen molar-refractivity contribution in [1.82, 2.24) is 0 Å². The van der Waals surface area contributed by atoms with Crippen LogP contribution in [-0.4, -0.2) is 7.05 Å². The minimum Gasteiger partial charge on any atom is -0.364 e. The quantitative estimate of drug-likeness (QED) is 0.272. The van der Waals surface area contributed by atoms with Crippen molar-refractivity contribution in [1.29, 1.82) is 0 Å². The summed E-state index contributed by atoms with van der Waals surface area (Å²) in [7, 11) is 2.34. The summed E-state index contributed by atoms with van der Waals surface area (Å²) in [5, 5.41) is 0. The number of benzene rings is 4. The van der Waals surface area contributed by atoms with E-state index in [9.17, 15) is 0 Å². The third kappa shape index (κ3) is 3.67. The Morgan fingerprint density at radius 1 is 0.690 bits per heavy atom. The van der Waals surface area contributed by atoms with Crippen LogP contribution in [0.5, 0.6) is 0 Å². The van der Waals surface area contributed by atoms with Crippen LogP contribution in [-0.2, 0) is 21.9 Å². The number of fused-ring (bicyclic) bond motifs is 3. The molecule has 0 amide bonds. The highest BCUT2D eigenvalue weighted by atomic mass is 15.2. The number of nitrogens with zero attached hydrogens (tertiary/aromatic N) is 1. The zero-order valence-electron chi connectivity index (χ0n) is 25.9. The van der Waals surface area contributed by atoms with Crippen molar-refractivity contribution < 1.29 is 0 Å². The van der Waals surface area contributed by atoms with Gasteiger partial charge in [-0.1, -0.05) is 124 Å². The fraction of sp³-hybridized carbons (Fsp3) is 0.400. The third-order valence-corrected chi connectivity index (χ3v) is 12.2. The number of likely N-dealkylation sites (N-methyl/N-ethyl adjacent to an activating group) is 1. The standard InChI is InChI=1S/C40H46N2/c1-29-15-11-12-20-34(29)37(2)26-23-31(28-39(37,41)32-16-7-5-8-17-32)30-21-22-36-35(27-30)38(3)24-13-14-25-40(38,42(36)4)33-18-9-6-10-19-33/h5-12,15-22,27,31H,13-14,23-26,28,41H2,1-4H3/t31?,37-,38-,39+,40+/m0/s1. The van der Waals surface area contributed by atoms with Crippen LogP contribution in [0.15, 0.2) is 103 Å².